The maximum atomic E-state index is 13.2. The molecule has 31 heavy (non-hydrogen) atoms. The van der Waals surface area contributed by atoms with Crippen molar-refractivity contribution in [3.63, 3.8) is 0 Å². The zero-order chi connectivity index (χ0) is 22.6. The summed E-state index contributed by atoms with van der Waals surface area (Å²) in [6.45, 7) is 1.23. The number of guanidine groups is 1. The van der Waals surface area contributed by atoms with Crippen LogP contribution in [0.25, 0.3) is 0 Å². The molecule has 0 bridgehead atoms. The number of benzene rings is 2. The summed E-state index contributed by atoms with van der Waals surface area (Å²) in [7, 11) is 0. The van der Waals surface area contributed by atoms with E-state index in [-0.39, 0.29) is 31.2 Å². The van der Waals surface area contributed by atoms with Gasteiger partial charge in [0, 0.05) is 17.8 Å². The lowest BCUT2D eigenvalue weighted by Gasteiger charge is -2.15. The number of nitrogens with zero attached hydrogens (tertiary/aromatic N) is 1. The number of ether oxygens (including phenoxy) is 2. The SMILES string of the molecule is CCNC(=NCc1cccc(OCC)c1OC(F)F)NCC(=O)Nc1cccc(F)c1. The van der Waals surface area contributed by atoms with Gasteiger partial charge in [-0.3, -0.25) is 4.79 Å². The molecule has 2 rings (SSSR count). The standard InChI is InChI=1S/C21H25F3N4O3/c1-3-25-21(27-13-18(29)28-16-9-6-8-15(22)11-16)26-12-14-7-5-10-17(30-4-2)19(14)31-20(23)24/h5-11,20H,3-4,12-13H2,1-2H3,(H,28,29)(H2,25,26,27). The van der Waals surface area contributed by atoms with Crippen molar-refractivity contribution in [3.8, 4) is 11.5 Å². The predicted octanol–water partition coefficient (Wildman–Crippen LogP) is 3.52. The summed E-state index contributed by atoms with van der Waals surface area (Å²) in [4.78, 5) is 16.4. The normalized spacial score (nSPS) is 11.2. The number of nitrogens with one attached hydrogen (secondary N) is 3. The number of halogens is 3. The molecule has 0 radical (unpaired) electrons. The Labute approximate surface area is 178 Å². The first-order chi connectivity index (χ1) is 14.9. The van der Waals surface area contributed by atoms with Gasteiger partial charge in [0.05, 0.1) is 19.7 Å². The van der Waals surface area contributed by atoms with E-state index in [0.717, 1.165) is 0 Å². The van der Waals surface area contributed by atoms with Gasteiger partial charge in [0.2, 0.25) is 5.91 Å². The molecule has 0 aliphatic rings. The van der Waals surface area contributed by atoms with Gasteiger partial charge in [-0.25, -0.2) is 9.38 Å². The van der Waals surface area contributed by atoms with Gasteiger partial charge in [-0.15, -0.1) is 0 Å². The van der Waals surface area contributed by atoms with Gasteiger partial charge < -0.3 is 25.4 Å². The minimum absolute atomic E-state index is 0.00379. The van der Waals surface area contributed by atoms with Crippen LogP contribution >= 0.6 is 0 Å². The van der Waals surface area contributed by atoms with E-state index in [1.54, 1.807) is 25.1 Å². The molecular weight excluding hydrogens is 413 g/mol. The van der Waals surface area contributed by atoms with Gasteiger partial charge in [-0.2, -0.15) is 8.78 Å². The summed E-state index contributed by atoms with van der Waals surface area (Å²) in [6.07, 6.45) is 0. The second-order valence-corrected chi connectivity index (χ2v) is 6.16. The van der Waals surface area contributed by atoms with Crippen LogP contribution in [-0.4, -0.2) is 38.2 Å². The highest BCUT2D eigenvalue weighted by molar-refractivity contribution is 5.95. The second-order valence-electron chi connectivity index (χ2n) is 6.16. The van der Waals surface area contributed by atoms with E-state index in [9.17, 15) is 18.0 Å². The highest BCUT2D eigenvalue weighted by atomic mass is 19.3. The van der Waals surface area contributed by atoms with Crippen molar-refractivity contribution < 1.29 is 27.4 Å². The van der Waals surface area contributed by atoms with Crippen LogP contribution in [0.2, 0.25) is 0 Å². The molecule has 7 nitrogen and oxygen atoms in total. The molecule has 0 saturated carbocycles. The van der Waals surface area contributed by atoms with Gasteiger partial charge in [0.25, 0.3) is 0 Å². The monoisotopic (exact) mass is 438 g/mol. The van der Waals surface area contributed by atoms with E-state index in [2.05, 4.69) is 25.7 Å². The number of aliphatic imine (C=N–C) groups is 1. The van der Waals surface area contributed by atoms with E-state index in [0.29, 0.717) is 23.8 Å². The fourth-order valence-corrected chi connectivity index (χ4v) is 2.62. The van der Waals surface area contributed by atoms with E-state index < -0.39 is 18.3 Å². The fourth-order valence-electron chi connectivity index (χ4n) is 2.62. The van der Waals surface area contributed by atoms with E-state index >= 15 is 0 Å². The molecule has 2 aromatic rings. The van der Waals surface area contributed by atoms with Crippen molar-refractivity contribution in [1.29, 1.82) is 0 Å². The van der Waals surface area contributed by atoms with E-state index in [4.69, 9.17) is 4.74 Å². The number of carbonyl (C=O) groups is 1. The topological polar surface area (TPSA) is 84.0 Å². The molecule has 0 unspecified atom stereocenters. The molecule has 3 N–H and O–H groups in total. The third-order valence-electron chi connectivity index (χ3n) is 3.84. The van der Waals surface area contributed by atoms with Crippen LogP contribution in [0.5, 0.6) is 11.5 Å². The Bertz CT molecular complexity index is 894. The Hall–Kier alpha value is -3.43. The number of anilines is 1. The first-order valence-electron chi connectivity index (χ1n) is 9.70. The van der Waals surface area contributed by atoms with Gasteiger partial charge in [-0.1, -0.05) is 18.2 Å². The minimum Gasteiger partial charge on any atom is -0.490 e. The minimum atomic E-state index is -3.01. The molecule has 0 heterocycles. The maximum Gasteiger partial charge on any atom is 0.387 e. The average Bonchev–Trinajstić information content (AvgIpc) is 2.72. The summed E-state index contributed by atoms with van der Waals surface area (Å²) >= 11 is 0. The molecule has 0 aliphatic heterocycles. The van der Waals surface area contributed by atoms with Crippen molar-refractivity contribution >= 4 is 17.6 Å². The molecule has 0 spiro atoms. The largest absolute Gasteiger partial charge is 0.490 e. The van der Waals surface area contributed by atoms with Gasteiger partial charge in [0.15, 0.2) is 17.5 Å². The molecule has 0 aliphatic carbocycles. The van der Waals surface area contributed by atoms with Crippen LogP contribution in [0, 0.1) is 5.82 Å². The predicted molar refractivity (Wildman–Crippen MR) is 112 cm³/mol. The summed E-state index contributed by atoms with van der Waals surface area (Å²) in [5, 5.41) is 8.36. The summed E-state index contributed by atoms with van der Waals surface area (Å²) in [5.74, 6) is -0.458. The molecule has 0 fully saturated rings. The molecule has 1 amide bonds. The maximum absolute atomic E-state index is 13.2. The summed E-state index contributed by atoms with van der Waals surface area (Å²) in [5.41, 5.74) is 0.725. The van der Waals surface area contributed by atoms with Crippen molar-refractivity contribution in [1.82, 2.24) is 10.6 Å². The average molecular weight is 438 g/mol. The lowest BCUT2D eigenvalue weighted by molar-refractivity contribution is -0.115. The zero-order valence-electron chi connectivity index (χ0n) is 17.3. The van der Waals surface area contributed by atoms with Crippen molar-refractivity contribution in [2.75, 3.05) is 25.0 Å². The second kappa shape index (κ2) is 12.3. The quantitative estimate of drug-likeness (QED) is 0.391. The Morgan fingerprint density at radius 3 is 2.58 bits per heavy atom. The van der Waals surface area contributed by atoms with E-state index in [1.807, 2.05) is 6.92 Å². The molecule has 0 saturated heterocycles. The van der Waals surface area contributed by atoms with Crippen LogP contribution in [0.4, 0.5) is 18.9 Å². The molecule has 168 valence electrons. The highest BCUT2D eigenvalue weighted by Gasteiger charge is 2.16. The summed E-state index contributed by atoms with van der Waals surface area (Å²) < 4.78 is 48.9. The van der Waals surface area contributed by atoms with Gasteiger partial charge >= 0.3 is 6.61 Å². The Balaban J connectivity index is 2.06. The number of rotatable bonds is 10. The number of hydrogen-bond donors (Lipinski definition) is 3. The zero-order valence-corrected chi connectivity index (χ0v) is 17.3. The van der Waals surface area contributed by atoms with Gasteiger partial charge in [0.1, 0.15) is 5.82 Å². The number of hydrogen-bond acceptors (Lipinski definition) is 4. The Morgan fingerprint density at radius 1 is 1.13 bits per heavy atom. The third kappa shape index (κ3) is 8.07. The lowest BCUT2D eigenvalue weighted by Crippen LogP contribution is -2.41. The smallest absolute Gasteiger partial charge is 0.387 e. The highest BCUT2D eigenvalue weighted by Crippen LogP contribution is 2.33. The number of carbonyl (C=O) groups excluding carboxylic acids is 1. The molecular formula is C21H25F3N4O3. The molecule has 0 atom stereocenters. The number of alkyl halides is 2. The molecule has 0 aromatic heterocycles. The molecule has 10 heteroatoms. The first kappa shape index (κ1) is 23.8. The third-order valence-corrected chi connectivity index (χ3v) is 3.84. The lowest BCUT2D eigenvalue weighted by atomic mass is 10.2. The number of para-hydroxylation sites is 1. The van der Waals surface area contributed by atoms with Crippen molar-refractivity contribution in [2.24, 2.45) is 4.99 Å². The van der Waals surface area contributed by atoms with Crippen LogP contribution in [0.3, 0.4) is 0 Å². The number of amides is 1. The Morgan fingerprint density at radius 2 is 1.90 bits per heavy atom. The van der Waals surface area contributed by atoms with Crippen LogP contribution in [-0.2, 0) is 11.3 Å². The fraction of sp³-hybridized carbons (Fsp3) is 0.333. The van der Waals surface area contributed by atoms with Gasteiger partial charge in [-0.05, 0) is 38.1 Å². The molecule has 2 aromatic carbocycles. The van der Waals surface area contributed by atoms with Crippen LogP contribution < -0.4 is 25.4 Å². The van der Waals surface area contributed by atoms with E-state index in [1.165, 1.54) is 24.3 Å². The summed E-state index contributed by atoms with van der Waals surface area (Å²) in [6, 6.07) is 10.3. The van der Waals surface area contributed by atoms with Crippen molar-refractivity contribution in [2.45, 2.75) is 27.0 Å². The van der Waals surface area contributed by atoms with Crippen LogP contribution in [0.1, 0.15) is 19.4 Å². The Kier molecular flexibility index (Phi) is 9.47. The van der Waals surface area contributed by atoms with Crippen molar-refractivity contribution in [3.05, 3.63) is 53.8 Å². The first-order valence-corrected chi connectivity index (χ1v) is 9.70. The van der Waals surface area contributed by atoms with Crippen LogP contribution in [0.15, 0.2) is 47.5 Å².